The molecular formula is C24H30F4N6O3. The van der Waals surface area contributed by atoms with Gasteiger partial charge in [-0.15, -0.1) is 0 Å². The number of primary amides is 1. The van der Waals surface area contributed by atoms with E-state index in [1.54, 1.807) is 22.8 Å². The van der Waals surface area contributed by atoms with Crippen molar-refractivity contribution in [2.24, 2.45) is 11.7 Å². The second-order valence-electron chi connectivity index (χ2n) is 9.49. The van der Waals surface area contributed by atoms with Gasteiger partial charge in [-0.3, -0.25) is 9.69 Å². The molecule has 9 nitrogen and oxygen atoms in total. The Kier molecular flexibility index (Phi) is 8.14. The number of aliphatic hydroxyl groups is 1. The summed E-state index contributed by atoms with van der Waals surface area (Å²) in [5.74, 6) is -1.54. The molecule has 0 saturated carbocycles. The van der Waals surface area contributed by atoms with E-state index >= 15 is 4.39 Å². The molecule has 3 heterocycles. The van der Waals surface area contributed by atoms with Crippen molar-refractivity contribution in [2.75, 3.05) is 49.6 Å². The van der Waals surface area contributed by atoms with Gasteiger partial charge in [-0.05, 0) is 37.6 Å². The van der Waals surface area contributed by atoms with Crippen molar-refractivity contribution in [1.82, 2.24) is 14.9 Å². The third kappa shape index (κ3) is 6.28. The second kappa shape index (κ2) is 11.2. The summed E-state index contributed by atoms with van der Waals surface area (Å²) in [5, 5.41) is 13.4. The van der Waals surface area contributed by atoms with E-state index in [4.69, 9.17) is 10.5 Å². The number of hydrogen-bond acceptors (Lipinski definition) is 8. The molecule has 0 radical (unpaired) electrons. The predicted octanol–water partition coefficient (Wildman–Crippen LogP) is 2.18. The number of β-amino-alcohol motifs (C(OH)–C–C–N with tert-alkyl or cyclic N) is 1. The van der Waals surface area contributed by atoms with Gasteiger partial charge in [0.2, 0.25) is 11.7 Å². The molecular weight excluding hydrogens is 496 g/mol. The number of aliphatic hydroxyl groups excluding tert-OH is 1. The van der Waals surface area contributed by atoms with Crippen LogP contribution in [-0.4, -0.2) is 77.4 Å². The summed E-state index contributed by atoms with van der Waals surface area (Å²) >= 11 is 0. The molecule has 4 rings (SSSR count). The first kappa shape index (κ1) is 27.0. The van der Waals surface area contributed by atoms with Crippen molar-refractivity contribution in [3.63, 3.8) is 0 Å². The first-order valence-electron chi connectivity index (χ1n) is 12.0. The number of hydrogen-bond donors (Lipinski definition) is 3. The van der Waals surface area contributed by atoms with Gasteiger partial charge < -0.3 is 25.8 Å². The fourth-order valence-electron chi connectivity index (χ4n) is 4.89. The minimum Gasteiger partial charge on any atom is -0.391 e. The number of morpholine rings is 1. The number of aromatic nitrogens is 2. The van der Waals surface area contributed by atoms with Crippen LogP contribution < -0.4 is 16.0 Å². The minimum absolute atomic E-state index is 0.0486. The van der Waals surface area contributed by atoms with Crippen LogP contribution in [0, 0.1) is 11.7 Å². The number of carbonyl (C=O) groups excluding carboxylic acids is 1. The van der Waals surface area contributed by atoms with Crippen LogP contribution in [0.1, 0.15) is 30.5 Å². The zero-order chi connectivity index (χ0) is 26.7. The van der Waals surface area contributed by atoms with Crippen molar-refractivity contribution in [3.8, 4) is 0 Å². The molecule has 0 aliphatic carbocycles. The van der Waals surface area contributed by atoms with Crippen molar-refractivity contribution in [2.45, 2.75) is 37.7 Å². The lowest BCUT2D eigenvalue weighted by Gasteiger charge is -2.41. The van der Waals surface area contributed by atoms with Gasteiger partial charge in [0.05, 0.1) is 43.5 Å². The summed E-state index contributed by atoms with van der Waals surface area (Å²) in [5.41, 5.74) is 4.76. The zero-order valence-electron chi connectivity index (χ0n) is 20.3. The van der Waals surface area contributed by atoms with Crippen molar-refractivity contribution in [1.29, 1.82) is 0 Å². The maximum atomic E-state index is 15.7. The third-order valence-electron chi connectivity index (χ3n) is 6.78. The average molecular weight is 527 g/mol. The van der Waals surface area contributed by atoms with Gasteiger partial charge in [-0.1, -0.05) is 12.1 Å². The van der Waals surface area contributed by atoms with Crippen LogP contribution in [0.15, 0.2) is 30.6 Å². The molecule has 2 aliphatic rings. The molecule has 1 aromatic carbocycles. The smallest absolute Gasteiger partial charge is 0.391 e. The van der Waals surface area contributed by atoms with Gasteiger partial charge in [-0.25, -0.2) is 9.97 Å². The SMILES string of the molecule is C[C@@H]1COC[C@@H](c2cccc(C(F)(F)F)c2)N1c1ncnc(NC[C@H]2CCN(CC(N)=O)C[C@@H]2O)c1F. The summed E-state index contributed by atoms with van der Waals surface area (Å²) < 4.78 is 61.2. The van der Waals surface area contributed by atoms with Gasteiger partial charge in [0, 0.05) is 19.0 Å². The highest BCUT2D eigenvalue weighted by Gasteiger charge is 2.36. The Labute approximate surface area is 211 Å². The van der Waals surface area contributed by atoms with E-state index < -0.39 is 35.6 Å². The molecule has 4 N–H and O–H groups in total. The van der Waals surface area contributed by atoms with Crippen LogP contribution >= 0.6 is 0 Å². The summed E-state index contributed by atoms with van der Waals surface area (Å²) in [6, 6.07) is 3.84. The Bertz CT molecular complexity index is 1100. The van der Waals surface area contributed by atoms with Crippen LogP contribution in [0.25, 0.3) is 0 Å². The standard InChI is InChI=1S/C24H30F4N6O3/c1-14-11-37-12-18(15-3-2-4-17(7-15)24(26,27)28)34(14)23-21(25)22(31-13-32-23)30-8-16-5-6-33(9-19(16)35)10-20(29)36/h2-4,7,13-14,16,18-19,35H,5-6,8-12H2,1H3,(H2,29,36)(H,30,31,32)/t14-,16-,18+,19+/m1/s1. The van der Waals surface area contributed by atoms with Gasteiger partial charge >= 0.3 is 6.18 Å². The van der Waals surface area contributed by atoms with Crippen LogP contribution in [0.5, 0.6) is 0 Å². The highest BCUT2D eigenvalue weighted by molar-refractivity contribution is 5.75. The third-order valence-corrected chi connectivity index (χ3v) is 6.78. The summed E-state index contributed by atoms with van der Waals surface area (Å²) in [4.78, 5) is 22.7. The van der Waals surface area contributed by atoms with Crippen LogP contribution in [0.4, 0.5) is 29.2 Å². The largest absolute Gasteiger partial charge is 0.416 e. The lowest BCUT2D eigenvalue weighted by atomic mass is 9.93. The molecule has 0 unspecified atom stereocenters. The van der Waals surface area contributed by atoms with E-state index in [0.29, 0.717) is 18.5 Å². The summed E-state index contributed by atoms with van der Waals surface area (Å²) in [7, 11) is 0. The number of nitrogens with one attached hydrogen (secondary N) is 1. The highest BCUT2D eigenvalue weighted by atomic mass is 19.4. The van der Waals surface area contributed by atoms with Crippen LogP contribution in [0.3, 0.4) is 0 Å². The Morgan fingerprint density at radius 1 is 1.30 bits per heavy atom. The molecule has 0 spiro atoms. The fraction of sp³-hybridized carbons (Fsp3) is 0.542. The quantitative estimate of drug-likeness (QED) is 0.470. The number of carbonyl (C=O) groups is 1. The van der Waals surface area contributed by atoms with Gasteiger partial charge in [-0.2, -0.15) is 17.6 Å². The Hall–Kier alpha value is -3.03. The molecule has 1 amide bonds. The molecule has 1 aromatic heterocycles. The second-order valence-corrected chi connectivity index (χ2v) is 9.49. The van der Waals surface area contributed by atoms with Crippen molar-refractivity contribution >= 4 is 17.5 Å². The predicted molar refractivity (Wildman–Crippen MR) is 127 cm³/mol. The van der Waals surface area contributed by atoms with Crippen molar-refractivity contribution < 1.29 is 32.2 Å². The highest BCUT2D eigenvalue weighted by Crippen LogP contribution is 2.37. The minimum atomic E-state index is -4.51. The van der Waals surface area contributed by atoms with E-state index in [-0.39, 0.29) is 56.4 Å². The molecule has 2 aliphatic heterocycles. The summed E-state index contributed by atoms with van der Waals surface area (Å²) in [6.45, 7) is 3.22. The lowest BCUT2D eigenvalue weighted by molar-refractivity contribution is -0.137. The molecule has 2 saturated heterocycles. The van der Waals surface area contributed by atoms with Gasteiger partial charge in [0.15, 0.2) is 11.6 Å². The number of halogens is 4. The lowest BCUT2D eigenvalue weighted by Crippen LogP contribution is -2.48. The molecule has 2 aromatic rings. The number of likely N-dealkylation sites (tertiary alicyclic amines) is 1. The van der Waals surface area contributed by atoms with E-state index in [9.17, 15) is 23.1 Å². The molecule has 202 valence electrons. The average Bonchev–Trinajstić information content (AvgIpc) is 2.84. The number of nitrogens with two attached hydrogens (primary N) is 1. The maximum absolute atomic E-state index is 15.7. The molecule has 0 bridgehead atoms. The molecule has 37 heavy (non-hydrogen) atoms. The first-order valence-corrected chi connectivity index (χ1v) is 12.0. The summed E-state index contributed by atoms with van der Waals surface area (Å²) in [6.07, 6.45) is -3.49. The van der Waals surface area contributed by atoms with E-state index in [2.05, 4.69) is 15.3 Å². The Morgan fingerprint density at radius 3 is 2.78 bits per heavy atom. The maximum Gasteiger partial charge on any atom is 0.416 e. The van der Waals surface area contributed by atoms with Gasteiger partial charge in [0.25, 0.3) is 0 Å². The number of piperidine rings is 1. The van der Waals surface area contributed by atoms with Crippen LogP contribution in [0.2, 0.25) is 0 Å². The molecule has 4 atom stereocenters. The number of nitrogens with zero attached hydrogens (tertiary/aromatic N) is 4. The molecule has 2 fully saturated rings. The number of alkyl halides is 3. The zero-order valence-corrected chi connectivity index (χ0v) is 20.3. The normalized spacial score (nSPS) is 25.2. The number of ether oxygens (including phenoxy) is 1. The number of anilines is 2. The number of rotatable bonds is 7. The monoisotopic (exact) mass is 526 g/mol. The fourth-order valence-corrected chi connectivity index (χ4v) is 4.89. The van der Waals surface area contributed by atoms with E-state index in [1.165, 1.54) is 12.4 Å². The van der Waals surface area contributed by atoms with Crippen molar-refractivity contribution in [3.05, 3.63) is 47.5 Å². The topological polar surface area (TPSA) is 117 Å². The first-order chi connectivity index (χ1) is 17.5. The Balaban J connectivity index is 1.52. The van der Waals surface area contributed by atoms with E-state index in [0.717, 1.165) is 12.1 Å². The Morgan fingerprint density at radius 2 is 2.08 bits per heavy atom. The van der Waals surface area contributed by atoms with Crippen LogP contribution in [-0.2, 0) is 15.7 Å². The van der Waals surface area contributed by atoms with Gasteiger partial charge in [0.1, 0.15) is 6.33 Å². The molecule has 13 heteroatoms. The number of benzene rings is 1. The van der Waals surface area contributed by atoms with E-state index in [1.807, 2.05) is 0 Å². The number of amides is 1.